The van der Waals surface area contributed by atoms with Crippen LogP contribution in [0.2, 0.25) is 19.6 Å². The number of thioether (sulfide) groups is 2. The van der Waals surface area contributed by atoms with Gasteiger partial charge < -0.3 is 4.74 Å². The molecule has 1 aliphatic rings. The van der Waals surface area contributed by atoms with Crippen LogP contribution in [0.15, 0.2) is 12.2 Å². The average molecular weight is 291 g/mol. The number of hydrogen-bond donors (Lipinski definition) is 0. The Morgan fingerprint density at radius 3 is 2.53 bits per heavy atom. The fourth-order valence-corrected chi connectivity index (χ4v) is 5.18. The zero-order valence-corrected chi connectivity index (χ0v) is 14.0. The van der Waals surface area contributed by atoms with E-state index in [4.69, 9.17) is 4.74 Å². The third kappa shape index (κ3) is 9.23. The van der Waals surface area contributed by atoms with E-state index in [1.54, 1.807) is 0 Å². The fraction of sp³-hybridized carbons (Fsp3) is 0.846. The maximum Gasteiger partial charge on any atom is 0.0746 e. The summed E-state index contributed by atoms with van der Waals surface area (Å²) in [4.78, 5) is 0. The van der Waals surface area contributed by atoms with Crippen LogP contribution < -0.4 is 0 Å². The van der Waals surface area contributed by atoms with Crippen LogP contribution in [0.1, 0.15) is 19.3 Å². The lowest BCUT2D eigenvalue weighted by Crippen LogP contribution is -2.28. The quantitative estimate of drug-likeness (QED) is 0.390. The molecule has 0 aromatic rings. The van der Waals surface area contributed by atoms with Crippen molar-refractivity contribution in [1.29, 1.82) is 0 Å². The average Bonchev–Trinajstić information content (AvgIpc) is 2.28. The SMILES string of the molecule is C[Si](C)(C)COC/C=C/CCC1SCCCS1. The predicted molar refractivity (Wildman–Crippen MR) is 85.9 cm³/mol. The number of rotatable bonds is 7. The minimum atomic E-state index is -1.02. The van der Waals surface area contributed by atoms with E-state index in [2.05, 4.69) is 55.3 Å². The second-order valence-electron chi connectivity index (χ2n) is 5.65. The third-order valence-corrected chi connectivity index (χ3v) is 6.53. The highest BCUT2D eigenvalue weighted by Gasteiger charge is 2.13. The van der Waals surface area contributed by atoms with Crippen LogP contribution in [0.5, 0.6) is 0 Å². The number of hydrogen-bond acceptors (Lipinski definition) is 3. The fourth-order valence-electron chi connectivity index (χ4n) is 1.55. The molecule has 17 heavy (non-hydrogen) atoms. The van der Waals surface area contributed by atoms with E-state index in [-0.39, 0.29) is 0 Å². The molecular formula is C13H26OS2Si. The molecule has 1 rings (SSSR count). The number of allylic oxidation sites excluding steroid dienone is 1. The lowest BCUT2D eigenvalue weighted by atomic mass is 10.3. The molecule has 0 spiro atoms. The smallest absolute Gasteiger partial charge is 0.0746 e. The molecule has 0 radical (unpaired) electrons. The minimum absolute atomic E-state index is 0.801. The summed E-state index contributed by atoms with van der Waals surface area (Å²) in [6.07, 6.45) is 9.39. The van der Waals surface area contributed by atoms with Crippen LogP contribution in [0.3, 0.4) is 0 Å². The summed E-state index contributed by atoms with van der Waals surface area (Å²) in [6.45, 7) is 7.83. The van der Waals surface area contributed by atoms with Gasteiger partial charge in [-0.05, 0) is 30.8 Å². The molecule has 0 aromatic carbocycles. The Labute approximate surface area is 116 Å². The Morgan fingerprint density at radius 1 is 1.18 bits per heavy atom. The summed E-state index contributed by atoms with van der Waals surface area (Å²) in [6, 6.07) is 0. The van der Waals surface area contributed by atoms with Crippen LogP contribution in [0.25, 0.3) is 0 Å². The van der Waals surface area contributed by atoms with E-state index < -0.39 is 8.07 Å². The van der Waals surface area contributed by atoms with Crippen LogP contribution in [-0.2, 0) is 4.74 Å². The Bertz CT molecular complexity index is 220. The van der Waals surface area contributed by atoms with Gasteiger partial charge in [-0.2, -0.15) is 0 Å². The summed E-state index contributed by atoms with van der Waals surface area (Å²) < 4.78 is 6.50. The normalized spacial score (nSPS) is 19.0. The van der Waals surface area contributed by atoms with Crippen LogP contribution in [0.4, 0.5) is 0 Å². The van der Waals surface area contributed by atoms with Gasteiger partial charge in [-0.3, -0.25) is 0 Å². The Kier molecular flexibility index (Phi) is 8.00. The van der Waals surface area contributed by atoms with E-state index in [0.29, 0.717) is 0 Å². The molecule has 0 saturated carbocycles. The summed E-state index contributed by atoms with van der Waals surface area (Å²) in [5.41, 5.74) is 0. The van der Waals surface area contributed by atoms with E-state index in [1.807, 2.05) is 0 Å². The van der Waals surface area contributed by atoms with Gasteiger partial charge in [-0.15, -0.1) is 23.5 Å². The maximum absolute atomic E-state index is 5.65. The maximum atomic E-state index is 5.65. The van der Waals surface area contributed by atoms with Gasteiger partial charge in [0.25, 0.3) is 0 Å². The molecule has 0 unspecified atom stereocenters. The molecule has 0 aliphatic carbocycles. The lowest BCUT2D eigenvalue weighted by molar-refractivity contribution is 0.205. The minimum Gasteiger partial charge on any atom is -0.381 e. The van der Waals surface area contributed by atoms with Gasteiger partial charge in [0.2, 0.25) is 0 Å². The second kappa shape index (κ2) is 8.67. The molecule has 1 heterocycles. The molecule has 0 amide bonds. The van der Waals surface area contributed by atoms with Crippen molar-refractivity contribution in [2.24, 2.45) is 0 Å². The molecule has 1 nitrogen and oxygen atoms in total. The first-order chi connectivity index (χ1) is 8.08. The van der Waals surface area contributed by atoms with Gasteiger partial charge in [-0.25, -0.2) is 0 Å². The molecule has 0 aromatic heterocycles. The lowest BCUT2D eigenvalue weighted by Gasteiger charge is -2.19. The third-order valence-electron chi connectivity index (χ3n) is 2.38. The van der Waals surface area contributed by atoms with E-state index in [0.717, 1.165) is 17.4 Å². The van der Waals surface area contributed by atoms with E-state index >= 15 is 0 Å². The van der Waals surface area contributed by atoms with Crippen molar-refractivity contribution in [2.75, 3.05) is 24.3 Å². The van der Waals surface area contributed by atoms with Crippen molar-refractivity contribution in [1.82, 2.24) is 0 Å². The summed E-state index contributed by atoms with van der Waals surface area (Å²) in [7, 11) is -1.02. The van der Waals surface area contributed by atoms with Crippen molar-refractivity contribution >= 4 is 31.6 Å². The summed E-state index contributed by atoms with van der Waals surface area (Å²) in [5.74, 6) is 2.72. The van der Waals surface area contributed by atoms with Gasteiger partial charge in [0.15, 0.2) is 0 Å². The highest BCUT2D eigenvalue weighted by atomic mass is 32.2. The number of ether oxygens (including phenoxy) is 1. The van der Waals surface area contributed by atoms with Crippen molar-refractivity contribution < 1.29 is 4.74 Å². The van der Waals surface area contributed by atoms with Crippen molar-refractivity contribution in [3.63, 3.8) is 0 Å². The molecule has 0 atom stereocenters. The van der Waals surface area contributed by atoms with Crippen LogP contribution in [0, 0.1) is 0 Å². The van der Waals surface area contributed by atoms with Crippen LogP contribution in [-0.4, -0.2) is 37.0 Å². The Hall–Kier alpha value is 0.617. The topological polar surface area (TPSA) is 9.23 Å². The predicted octanol–water partition coefficient (Wildman–Crippen LogP) is 4.41. The zero-order chi connectivity index (χ0) is 12.6. The molecule has 1 fully saturated rings. The molecule has 1 aliphatic heterocycles. The molecule has 0 bridgehead atoms. The largest absolute Gasteiger partial charge is 0.381 e. The first kappa shape index (κ1) is 15.7. The highest BCUT2D eigenvalue weighted by Crippen LogP contribution is 2.33. The zero-order valence-electron chi connectivity index (χ0n) is 11.4. The van der Waals surface area contributed by atoms with Gasteiger partial charge in [0.1, 0.15) is 0 Å². The molecule has 4 heteroatoms. The second-order valence-corrected chi connectivity index (χ2v) is 14.0. The van der Waals surface area contributed by atoms with Crippen molar-refractivity contribution in [2.45, 2.75) is 43.5 Å². The standard InChI is InChI=1S/C13H26OS2Si/c1-17(2,3)12-14-9-6-4-5-8-13-15-10-7-11-16-13/h4,6,13H,5,7-12H2,1-3H3/b6-4+. The Balaban J connectivity index is 1.95. The molecule has 0 N–H and O–H groups in total. The first-order valence-corrected chi connectivity index (χ1v) is 12.3. The van der Waals surface area contributed by atoms with Crippen LogP contribution >= 0.6 is 23.5 Å². The summed E-state index contributed by atoms with van der Waals surface area (Å²) >= 11 is 4.28. The highest BCUT2D eigenvalue weighted by molar-refractivity contribution is 8.17. The summed E-state index contributed by atoms with van der Waals surface area (Å²) in [5, 5.41) is 0. The monoisotopic (exact) mass is 290 g/mol. The van der Waals surface area contributed by atoms with Gasteiger partial charge >= 0.3 is 0 Å². The molecular weight excluding hydrogens is 264 g/mol. The van der Waals surface area contributed by atoms with Gasteiger partial charge in [0, 0.05) is 6.23 Å². The van der Waals surface area contributed by atoms with Gasteiger partial charge in [-0.1, -0.05) is 31.8 Å². The molecule has 100 valence electrons. The van der Waals surface area contributed by atoms with Gasteiger partial charge in [0.05, 0.1) is 19.3 Å². The van der Waals surface area contributed by atoms with E-state index in [1.165, 1.54) is 30.8 Å². The molecule has 1 saturated heterocycles. The van der Waals surface area contributed by atoms with Crippen molar-refractivity contribution in [3.05, 3.63) is 12.2 Å². The Morgan fingerprint density at radius 2 is 1.88 bits per heavy atom. The van der Waals surface area contributed by atoms with Crippen molar-refractivity contribution in [3.8, 4) is 0 Å². The first-order valence-electron chi connectivity index (χ1n) is 6.54. The van der Waals surface area contributed by atoms with E-state index in [9.17, 15) is 0 Å².